The summed E-state index contributed by atoms with van der Waals surface area (Å²) in [5.74, 6) is -0.621. The van der Waals surface area contributed by atoms with Crippen LogP contribution in [0.15, 0.2) is 16.7 Å². The second kappa shape index (κ2) is 6.56. The molecule has 1 aromatic heterocycles. The summed E-state index contributed by atoms with van der Waals surface area (Å²) in [4.78, 5) is 17.0. The summed E-state index contributed by atoms with van der Waals surface area (Å²) in [5, 5.41) is 18.1. The van der Waals surface area contributed by atoms with Crippen molar-refractivity contribution in [1.29, 1.82) is 0 Å². The van der Waals surface area contributed by atoms with Gasteiger partial charge in [0.2, 0.25) is 0 Å². The largest absolute Gasteiger partial charge is 0.478 e. The average molecular weight is 303 g/mol. The van der Waals surface area contributed by atoms with E-state index >= 15 is 0 Å². The number of anilines is 1. The third-order valence-corrected chi connectivity index (χ3v) is 2.66. The van der Waals surface area contributed by atoms with Crippen LogP contribution in [0.25, 0.3) is 0 Å². The van der Waals surface area contributed by atoms with E-state index in [9.17, 15) is 4.79 Å². The van der Waals surface area contributed by atoms with Gasteiger partial charge in [-0.25, -0.2) is 9.78 Å². The van der Waals surface area contributed by atoms with Crippen LogP contribution in [0.5, 0.6) is 0 Å². The van der Waals surface area contributed by atoms with Crippen LogP contribution in [0, 0.1) is 0 Å². The maximum atomic E-state index is 11.1. The zero-order chi connectivity index (χ0) is 12.8. The van der Waals surface area contributed by atoms with Crippen molar-refractivity contribution in [2.24, 2.45) is 0 Å². The number of pyridine rings is 1. The second-order valence-corrected chi connectivity index (χ2v) is 4.46. The van der Waals surface area contributed by atoms with Gasteiger partial charge in [-0.1, -0.05) is 6.92 Å². The Labute approximate surface area is 108 Å². The molecule has 0 saturated carbocycles. The molecule has 0 aromatic carbocycles. The Bertz CT molecular complexity index is 392. The minimum Gasteiger partial charge on any atom is -0.478 e. The monoisotopic (exact) mass is 302 g/mol. The Kier molecular flexibility index (Phi) is 5.37. The highest BCUT2D eigenvalue weighted by molar-refractivity contribution is 9.10. The highest BCUT2D eigenvalue weighted by atomic mass is 79.9. The van der Waals surface area contributed by atoms with E-state index in [-0.39, 0.29) is 12.2 Å². The van der Waals surface area contributed by atoms with Gasteiger partial charge in [-0.15, -0.1) is 0 Å². The Morgan fingerprint density at radius 3 is 2.76 bits per heavy atom. The molecule has 0 saturated heterocycles. The maximum Gasteiger partial charge on any atom is 0.339 e. The summed E-state index contributed by atoms with van der Waals surface area (Å²) in [6, 6.07) is 1.52. The van der Waals surface area contributed by atoms with Crippen molar-refractivity contribution in [3.63, 3.8) is 0 Å². The lowest BCUT2D eigenvalue weighted by Gasteiger charge is -2.23. The summed E-state index contributed by atoms with van der Waals surface area (Å²) in [7, 11) is 0. The summed E-state index contributed by atoms with van der Waals surface area (Å²) in [6.07, 6.45) is 2.42. The molecular weight excluding hydrogens is 288 g/mol. The first-order chi connectivity index (χ1) is 8.10. The van der Waals surface area contributed by atoms with Gasteiger partial charge in [-0.3, -0.25) is 0 Å². The van der Waals surface area contributed by atoms with Gasteiger partial charge < -0.3 is 15.1 Å². The van der Waals surface area contributed by atoms with Crippen LogP contribution in [-0.4, -0.2) is 40.9 Å². The number of hydrogen-bond donors (Lipinski definition) is 2. The Balaban J connectivity index is 3.12. The molecule has 5 nitrogen and oxygen atoms in total. The van der Waals surface area contributed by atoms with E-state index in [4.69, 9.17) is 10.2 Å². The van der Waals surface area contributed by atoms with Crippen LogP contribution in [0.4, 0.5) is 5.82 Å². The van der Waals surface area contributed by atoms with Crippen molar-refractivity contribution in [2.75, 3.05) is 24.6 Å². The van der Waals surface area contributed by atoms with Crippen molar-refractivity contribution in [3.05, 3.63) is 22.3 Å². The van der Waals surface area contributed by atoms with Crippen LogP contribution >= 0.6 is 15.9 Å². The highest BCUT2D eigenvalue weighted by Gasteiger charge is 2.17. The van der Waals surface area contributed by atoms with Gasteiger partial charge in [-0.2, -0.15) is 0 Å². The van der Waals surface area contributed by atoms with E-state index in [1.54, 1.807) is 11.1 Å². The number of nitrogens with zero attached hydrogens (tertiary/aromatic N) is 2. The molecule has 0 spiro atoms. The molecular formula is C11H15BrN2O3. The topological polar surface area (TPSA) is 73.7 Å². The van der Waals surface area contributed by atoms with Crippen LogP contribution in [0.2, 0.25) is 0 Å². The van der Waals surface area contributed by atoms with E-state index in [0.29, 0.717) is 23.4 Å². The third kappa shape index (κ3) is 3.67. The molecule has 0 aliphatic rings. The number of hydrogen-bond acceptors (Lipinski definition) is 4. The molecule has 0 radical (unpaired) electrons. The van der Waals surface area contributed by atoms with Gasteiger partial charge in [0.15, 0.2) is 0 Å². The first kappa shape index (κ1) is 13.9. The predicted octanol–water partition coefficient (Wildman–Crippen LogP) is 1.75. The lowest BCUT2D eigenvalue weighted by molar-refractivity contribution is 0.0697. The molecule has 0 unspecified atom stereocenters. The summed E-state index contributed by atoms with van der Waals surface area (Å²) >= 11 is 3.20. The van der Waals surface area contributed by atoms with E-state index in [0.717, 1.165) is 6.42 Å². The molecule has 1 heterocycles. The minimum absolute atomic E-state index is 0.0309. The summed E-state index contributed by atoms with van der Waals surface area (Å²) < 4.78 is 0.624. The van der Waals surface area contributed by atoms with Gasteiger partial charge >= 0.3 is 5.97 Å². The van der Waals surface area contributed by atoms with Crippen LogP contribution in [-0.2, 0) is 0 Å². The molecule has 1 rings (SSSR count). The fourth-order valence-electron chi connectivity index (χ4n) is 1.56. The molecule has 0 amide bonds. The molecule has 0 aliphatic heterocycles. The number of aromatic nitrogens is 1. The molecule has 2 N–H and O–H groups in total. The van der Waals surface area contributed by atoms with E-state index in [1.165, 1.54) is 6.07 Å². The number of carbonyl (C=O) groups is 1. The lowest BCUT2D eigenvalue weighted by atomic mass is 10.2. The zero-order valence-electron chi connectivity index (χ0n) is 9.56. The summed E-state index contributed by atoms with van der Waals surface area (Å²) in [6.45, 7) is 3.00. The Morgan fingerprint density at radius 2 is 2.24 bits per heavy atom. The smallest absolute Gasteiger partial charge is 0.339 e. The zero-order valence-corrected chi connectivity index (χ0v) is 11.1. The molecule has 0 fully saturated rings. The van der Waals surface area contributed by atoms with E-state index in [1.807, 2.05) is 6.92 Å². The van der Waals surface area contributed by atoms with Crippen molar-refractivity contribution in [3.8, 4) is 0 Å². The number of aliphatic hydroxyl groups is 1. The first-order valence-corrected chi connectivity index (χ1v) is 6.14. The predicted molar refractivity (Wildman–Crippen MR) is 68.5 cm³/mol. The first-order valence-electron chi connectivity index (χ1n) is 5.34. The number of aliphatic hydroxyl groups excluding tert-OH is 1. The third-order valence-electron chi connectivity index (χ3n) is 2.23. The fraction of sp³-hybridized carbons (Fsp3) is 0.455. The summed E-state index contributed by atoms with van der Waals surface area (Å²) in [5.41, 5.74) is 0.140. The van der Waals surface area contributed by atoms with Gasteiger partial charge in [-0.05, 0) is 28.4 Å². The van der Waals surface area contributed by atoms with Gasteiger partial charge in [0.1, 0.15) is 11.4 Å². The van der Waals surface area contributed by atoms with Gasteiger partial charge in [0.05, 0.1) is 6.61 Å². The van der Waals surface area contributed by atoms with Crippen LogP contribution < -0.4 is 4.90 Å². The quantitative estimate of drug-likeness (QED) is 0.837. The maximum absolute atomic E-state index is 11.1. The van der Waals surface area contributed by atoms with Crippen LogP contribution in [0.3, 0.4) is 0 Å². The molecule has 0 aliphatic carbocycles. The minimum atomic E-state index is -1.02. The lowest BCUT2D eigenvalue weighted by Crippen LogP contribution is -2.30. The Hall–Kier alpha value is -1.14. The number of rotatable bonds is 6. The highest BCUT2D eigenvalue weighted by Crippen LogP contribution is 2.21. The van der Waals surface area contributed by atoms with E-state index in [2.05, 4.69) is 20.9 Å². The Morgan fingerprint density at radius 1 is 1.53 bits per heavy atom. The number of carboxylic acid groups (broad SMARTS) is 1. The standard InChI is InChI=1S/C11H15BrN2O3/c1-2-3-14(4-5-15)10-9(11(16)17)6-8(12)7-13-10/h6-7,15H,2-5H2,1H3,(H,16,17). The SMILES string of the molecule is CCCN(CCO)c1ncc(Br)cc1C(=O)O. The number of aromatic carboxylic acids is 1. The molecule has 94 valence electrons. The molecule has 17 heavy (non-hydrogen) atoms. The number of carboxylic acids is 1. The molecule has 6 heteroatoms. The van der Waals surface area contributed by atoms with Crippen molar-refractivity contribution in [1.82, 2.24) is 4.98 Å². The van der Waals surface area contributed by atoms with Crippen LogP contribution in [0.1, 0.15) is 23.7 Å². The normalized spacial score (nSPS) is 10.3. The molecule has 1 aromatic rings. The van der Waals surface area contributed by atoms with Gasteiger partial charge in [0.25, 0.3) is 0 Å². The average Bonchev–Trinajstić information content (AvgIpc) is 2.28. The fourth-order valence-corrected chi connectivity index (χ4v) is 1.89. The van der Waals surface area contributed by atoms with E-state index < -0.39 is 5.97 Å². The second-order valence-electron chi connectivity index (χ2n) is 3.54. The van der Waals surface area contributed by atoms with Crippen molar-refractivity contribution < 1.29 is 15.0 Å². The van der Waals surface area contributed by atoms with Crippen molar-refractivity contribution >= 4 is 27.7 Å². The van der Waals surface area contributed by atoms with Crippen molar-refractivity contribution in [2.45, 2.75) is 13.3 Å². The number of halogens is 1. The molecule has 0 atom stereocenters. The van der Waals surface area contributed by atoms with Gasteiger partial charge in [0, 0.05) is 23.8 Å². The molecule has 0 bridgehead atoms.